The van der Waals surface area contributed by atoms with Gasteiger partial charge >= 0.3 is 0 Å². The maximum absolute atomic E-state index is 10.7. The average molecular weight is 249 g/mol. The highest BCUT2D eigenvalue weighted by molar-refractivity contribution is 5.81. The predicted molar refractivity (Wildman–Crippen MR) is 65.9 cm³/mol. The first-order valence-electron chi connectivity index (χ1n) is 5.66. The van der Waals surface area contributed by atoms with E-state index >= 15 is 0 Å². The lowest BCUT2D eigenvalue weighted by Crippen LogP contribution is -2.34. The molecule has 2 unspecified atom stereocenters. The first kappa shape index (κ1) is 12.6. The molecule has 1 aromatic heterocycles. The summed E-state index contributed by atoms with van der Waals surface area (Å²) in [6.07, 6.45) is -0.748. The second kappa shape index (κ2) is 5.20. The third-order valence-electron chi connectivity index (χ3n) is 2.75. The number of aliphatic hydroxyl groups excluding tert-OH is 2. The first-order valence-corrected chi connectivity index (χ1v) is 5.66. The normalized spacial score (nSPS) is 14.4. The third kappa shape index (κ3) is 2.52. The van der Waals surface area contributed by atoms with Crippen molar-refractivity contribution in [2.75, 3.05) is 6.54 Å². The van der Waals surface area contributed by atoms with Crippen LogP contribution in [0.2, 0.25) is 0 Å². The van der Waals surface area contributed by atoms with Crippen molar-refractivity contribution < 1.29 is 19.4 Å². The summed E-state index contributed by atoms with van der Waals surface area (Å²) in [5.41, 5.74) is 1.17. The van der Waals surface area contributed by atoms with Crippen LogP contribution in [0.4, 0.5) is 0 Å². The Labute approximate surface area is 104 Å². The minimum absolute atomic E-state index is 0.00396. The molecule has 0 aliphatic carbocycles. The van der Waals surface area contributed by atoms with E-state index in [1.165, 1.54) is 13.2 Å². The Bertz CT molecular complexity index is 549. The standard InChI is InChI=1S/C13H15NO4/c1-8(15)14-6-11(16)13(17)10-7-18-12-5-3-2-4-9(10)12/h2-5,7,11,13,16-17H,6H2,1H3,(H,14,15). The van der Waals surface area contributed by atoms with Crippen LogP contribution in [0.1, 0.15) is 18.6 Å². The number of amides is 1. The van der Waals surface area contributed by atoms with Gasteiger partial charge in [-0.15, -0.1) is 0 Å². The molecule has 1 aromatic carbocycles. The summed E-state index contributed by atoms with van der Waals surface area (Å²) in [5, 5.41) is 23.0. The van der Waals surface area contributed by atoms with Crippen LogP contribution in [0.5, 0.6) is 0 Å². The van der Waals surface area contributed by atoms with Crippen molar-refractivity contribution >= 4 is 16.9 Å². The number of hydrogen-bond acceptors (Lipinski definition) is 4. The average Bonchev–Trinajstić information content (AvgIpc) is 2.78. The van der Waals surface area contributed by atoms with Gasteiger partial charge in [0.15, 0.2) is 0 Å². The summed E-state index contributed by atoms with van der Waals surface area (Å²) in [4.78, 5) is 10.7. The number of carbonyl (C=O) groups excluding carboxylic acids is 1. The number of hydrogen-bond donors (Lipinski definition) is 3. The minimum atomic E-state index is -1.10. The molecular weight excluding hydrogens is 234 g/mol. The summed E-state index contributed by atoms with van der Waals surface area (Å²) in [6, 6.07) is 7.25. The van der Waals surface area contributed by atoms with E-state index in [4.69, 9.17) is 4.42 Å². The van der Waals surface area contributed by atoms with Crippen molar-refractivity contribution in [2.24, 2.45) is 0 Å². The van der Waals surface area contributed by atoms with Crippen LogP contribution in [0.25, 0.3) is 11.0 Å². The Morgan fingerprint density at radius 2 is 2.11 bits per heavy atom. The third-order valence-corrected chi connectivity index (χ3v) is 2.75. The Kier molecular flexibility index (Phi) is 3.64. The zero-order chi connectivity index (χ0) is 13.1. The van der Waals surface area contributed by atoms with Gasteiger partial charge in [-0.1, -0.05) is 18.2 Å². The first-order chi connectivity index (χ1) is 8.59. The largest absolute Gasteiger partial charge is 0.464 e. The van der Waals surface area contributed by atoms with E-state index < -0.39 is 12.2 Å². The fraction of sp³-hybridized carbons (Fsp3) is 0.308. The second-order valence-corrected chi connectivity index (χ2v) is 4.14. The van der Waals surface area contributed by atoms with Gasteiger partial charge in [-0.2, -0.15) is 0 Å². The molecule has 0 fully saturated rings. The number of para-hydroxylation sites is 1. The smallest absolute Gasteiger partial charge is 0.216 e. The highest BCUT2D eigenvalue weighted by atomic mass is 16.3. The van der Waals surface area contributed by atoms with Gasteiger partial charge in [0.05, 0.1) is 6.26 Å². The lowest BCUT2D eigenvalue weighted by atomic mass is 10.0. The Hall–Kier alpha value is -1.85. The van der Waals surface area contributed by atoms with E-state index in [2.05, 4.69) is 5.32 Å². The number of nitrogens with one attached hydrogen (secondary N) is 1. The van der Waals surface area contributed by atoms with E-state index in [0.29, 0.717) is 11.1 Å². The van der Waals surface area contributed by atoms with E-state index in [1.807, 2.05) is 18.2 Å². The highest BCUT2D eigenvalue weighted by Gasteiger charge is 2.22. The van der Waals surface area contributed by atoms with Gasteiger partial charge in [0.25, 0.3) is 0 Å². The van der Waals surface area contributed by atoms with Crippen molar-refractivity contribution in [3.63, 3.8) is 0 Å². The van der Waals surface area contributed by atoms with Crippen LogP contribution in [0.3, 0.4) is 0 Å². The van der Waals surface area contributed by atoms with Crippen LogP contribution in [-0.4, -0.2) is 28.8 Å². The fourth-order valence-corrected chi connectivity index (χ4v) is 1.79. The summed E-state index contributed by atoms with van der Waals surface area (Å²) in [6.45, 7) is 1.35. The number of rotatable bonds is 4. The molecular formula is C13H15NO4. The molecule has 2 aromatic rings. The van der Waals surface area contributed by atoms with Crippen LogP contribution >= 0.6 is 0 Å². The van der Waals surface area contributed by atoms with Gasteiger partial charge in [0.1, 0.15) is 17.8 Å². The highest BCUT2D eigenvalue weighted by Crippen LogP contribution is 2.27. The van der Waals surface area contributed by atoms with E-state index in [9.17, 15) is 15.0 Å². The van der Waals surface area contributed by atoms with Crippen LogP contribution in [0.15, 0.2) is 34.9 Å². The Balaban J connectivity index is 2.17. The fourth-order valence-electron chi connectivity index (χ4n) is 1.79. The molecule has 0 saturated heterocycles. The van der Waals surface area contributed by atoms with Crippen LogP contribution in [0, 0.1) is 0 Å². The van der Waals surface area contributed by atoms with E-state index in [-0.39, 0.29) is 12.5 Å². The molecule has 0 aliphatic rings. The van der Waals surface area contributed by atoms with Crippen molar-refractivity contribution in [1.82, 2.24) is 5.32 Å². The maximum Gasteiger partial charge on any atom is 0.216 e. The zero-order valence-electron chi connectivity index (χ0n) is 9.96. The number of carbonyl (C=O) groups is 1. The van der Waals surface area contributed by atoms with Gasteiger partial charge < -0.3 is 19.9 Å². The molecule has 0 bridgehead atoms. The topological polar surface area (TPSA) is 82.7 Å². The van der Waals surface area contributed by atoms with Gasteiger partial charge in [-0.05, 0) is 6.07 Å². The lowest BCUT2D eigenvalue weighted by Gasteiger charge is -2.17. The summed E-state index contributed by atoms with van der Waals surface area (Å²) < 4.78 is 5.29. The maximum atomic E-state index is 10.7. The second-order valence-electron chi connectivity index (χ2n) is 4.14. The molecule has 0 aliphatic heterocycles. The van der Waals surface area contributed by atoms with Crippen molar-refractivity contribution in [3.8, 4) is 0 Å². The molecule has 1 heterocycles. The summed E-state index contributed by atoms with van der Waals surface area (Å²) in [5.74, 6) is -0.252. The van der Waals surface area contributed by atoms with E-state index in [0.717, 1.165) is 5.39 Å². The molecule has 96 valence electrons. The summed E-state index contributed by atoms with van der Waals surface area (Å²) >= 11 is 0. The molecule has 3 N–H and O–H groups in total. The molecule has 0 radical (unpaired) electrons. The van der Waals surface area contributed by atoms with Crippen molar-refractivity contribution in [3.05, 3.63) is 36.1 Å². The number of fused-ring (bicyclic) bond motifs is 1. The Morgan fingerprint density at radius 1 is 1.39 bits per heavy atom. The molecule has 5 heteroatoms. The molecule has 18 heavy (non-hydrogen) atoms. The van der Waals surface area contributed by atoms with Gasteiger partial charge in [0, 0.05) is 24.4 Å². The predicted octanol–water partition coefficient (Wildman–Crippen LogP) is 0.963. The minimum Gasteiger partial charge on any atom is -0.464 e. The Morgan fingerprint density at radius 3 is 2.83 bits per heavy atom. The molecule has 2 rings (SSSR count). The van der Waals surface area contributed by atoms with E-state index in [1.54, 1.807) is 6.07 Å². The number of benzene rings is 1. The molecule has 5 nitrogen and oxygen atoms in total. The monoisotopic (exact) mass is 249 g/mol. The van der Waals surface area contributed by atoms with Gasteiger partial charge in [0.2, 0.25) is 5.91 Å². The number of aliphatic hydroxyl groups is 2. The molecule has 0 spiro atoms. The van der Waals surface area contributed by atoms with Gasteiger partial charge in [-0.3, -0.25) is 4.79 Å². The quantitative estimate of drug-likeness (QED) is 0.753. The van der Waals surface area contributed by atoms with Crippen molar-refractivity contribution in [1.29, 1.82) is 0 Å². The molecule has 2 atom stereocenters. The molecule has 0 saturated carbocycles. The molecule has 1 amide bonds. The van der Waals surface area contributed by atoms with Crippen LogP contribution in [-0.2, 0) is 4.79 Å². The SMILES string of the molecule is CC(=O)NCC(O)C(O)c1coc2ccccc12. The lowest BCUT2D eigenvalue weighted by molar-refractivity contribution is -0.119. The number of furan rings is 1. The van der Waals surface area contributed by atoms with Crippen molar-refractivity contribution in [2.45, 2.75) is 19.1 Å². The van der Waals surface area contributed by atoms with Gasteiger partial charge in [-0.25, -0.2) is 0 Å². The summed E-state index contributed by atoms with van der Waals surface area (Å²) in [7, 11) is 0. The van der Waals surface area contributed by atoms with Crippen LogP contribution < -0.4 is 5.32 Å². The zero-order valence-corrected chi connectivity index (χ0v) is 9.96.